The summed E-state index contributed by atoms with van der Waals surface area (Å²) >= 11 is 0. The van der Waals surface area contributed by atoms with Gasteiger partial charge in [-0.05, 0) is 12.1 Å². The Morgan fingerprint density at radius 1 is 1.38 bits per heavy atom. The lowest BCUT2D eigenvalue weighted by atomic mass is 10.2. The van der Waals surface area contributed by atoms with Gasteiger partial charge in [0.05, 0.1) is 17.4 Å². The van der Waals surface area contributed by atoms with Crippen LogP contribution in [0.2, 0.25) is 0 Å². The molecule has 1 aliphatic rings. The van der Waals surface area contributed by atoms with E-state index < -0.39 is 10.8 Å². The fourth-order valence-corrected chi connectivity index (χ4v) is 3.78. The molecule has 24 heavy (non-hydrogen) atoms. The maximum atomic E-state index is 12.3. The van der Waals surface area contributed by atoms with E-state index in [0.717, 1.165) is 36.2 Å². The highest BCUT2D eigenvalue weighted by Gasteiger charge is 2.25. The third-order valence-corrected chi connectivity index (χ3v) is 5.44. The lowest BCUT2D eigenvalue weighted by molar-refractivity contribution is -0.0321. The van der Waals surface area contributed by atoms with Crippen LogP contribution in [0.15, 0.2) is 35.2 Å². The second-order valence-corrected chi connectivity index (χ2v) is 7.83. The Kier molecular flexibility index (Phi) is 5.76. The maximum absolute atomic E-state index is 12.3. The van der Waals surface area contributed by atoms with Gasteiger partial charge in [-0.1, -0.05) is 32.0 Å². The molecule has 1 aromatic carbocycles. The molecule has 6 nitrogen and oxygen atoms in total. The molecule has 2 unspecified atom stereocenters. The van der Waals surface area contributed by atoms with E-state index in [1.807, 2.05) is 30.3 Å². The molecule has 2 aromatic rings. The van der Waals surface area contributed by atoms with E-state index in [4.69, 9.17) is 4.74 Å². The summed E-state index contributed by atoms with van der Waals surface area (Å²) in [5.41, 5.74) is 0. The lowest BCUT2D eigenvalue weighted by Gasteiger charge is -2.31. The van der Waals surface area contributed by atoms with Gasteiger partial charge in [0.1, 0.15) is 6.10 Å². The van der Waals surface area contributed by atoms with Gasteiger partial charge in [-0.3, -0.25) is 14.2 Å². The second-order valence-electron chi connectivity index (χ2n) is 6.26. The van der Waals surface area contributed by atoms with Crippen LogP contribution in [0.5, 0.6) is 0 Å². The van der Waals surface area contributed by atoms with Crippen molar-refractivity contribution in [1.82, 2.24) is 20.1 Å². The van der Waals surface area contributed by atoms with E-state index in [-0.39, 0.29) is 6.10 Å². The van der Waals surface area contributed by atoms with Crippen molar-refractivity contribution in [3.8, 4) is 0 Å². The number of hydrogen-bond acceptors (Lipinski definition) is 5. The highest BCUT2D eigenvalue weighted by Crippen LogP contribution is 2.20. The predicted octanol–water partition coefficient (Wildman–Crippen LogP) is 2.11. The SMILES string of the molecule is CC(C)c1n[nH]c(C2CN(CCS(=O)c3ccccc3)CCO2)n1. The lowest BCUT2D eigenvalue weighted by Crippen LogP contribution is -2.40. The number of morpholine rings is 1. The molecule has 2 atom stereocenters. The van der Waals surface area contributed by atoms with Crippen LogP contribution in [0.4, 0.5) is 0 Å². The molecule has 1 aliphatic heterocycles. The molecule has 1 aromatic heterocycles. The topological polar surface area (TPSA) is 71.1 Å². The van der Waals surface area contributed by atoms with Crippen LogP contribution >= 0.6 is 0 Å². The number of benzene rings is 1. The first-order valence-electron chi connectivity index (χ1n) is 8.33. The average molecular weight is 348 g/mol. The molecular formula is C17H24N4O2S. The van der Waals surface area contributed by atoms with Crippen LogP contribution in [-0.2, 0) is 15.5 Å². The van der Waals surface area contributed by atoms with Gasteiger partial charge in [-0.25, -0.2) is 4.98 Å². The number of nitrogens with one attached hydrogen (secondary N) is 1. The molecule has 130 valence electrons. The Hall–Kier alpha value is -1.57. The molecule has 0 spiro atoms. The monoisotopic (exact) mass is 348 g/mol. The Labute approximate surface area is 145 Å². The molecule has 0 radical (unpaired) electrons. The number of H-pyrrole nitrogens is 1. The van der Waals surface area contributed by atoms with Gasteiger partial charge in [0.15, 0.2) is 11.6 Å². The van der Waals surface area contributed by atoms with Gasteiger partial charge in [-0.15, -0.1) is 0 Å². The van der Waals surface area contributed by atoms with E-state index in [2.05, 4.69) is 33.9 Å². The smallest absolute Gasteiger partial charge is 0.155 e. The minimum Gasteiger partial charge on any atom is -0.368 e. The maximum Gasteiger partial charge on any atom is 0.155 e. The normalized spacial score (nSPS) is 20.4. The molecule has 1 saturated heterocycles. The molecule has 7 heteroatoms. The molecule has 3 rings (SSSR count). The van der Waals surface area contributed by atoms with E-state index >= 15 is 0 Å². The molecule has 1 fully saturated rings. The van der Waals surface area contributed by atoms with Crippen LogP contribution in [0.1, 0.15) is 37.5 Å². The first-order chi connectivity index (χ1) is 11.6. The Bertz CT molecular complexity index is 674. The third-order valence-electron chi connectivity index (χ3n) is 4.09. The van der Waals surface area contributed by atoms with Gasteiger partial charge >= 0.3 is 0 Å². The number of aromatic amines is 1. The van der Waals surface area contributed by atoms with E-state index in [9.17, 15) is 4.21 Å². The fraction of sp³-hybridized carbons (Fsp3) is 0.529. The van der Waals surface area contributed by atoms with Gasteiger partial charge < -0.3 is 4.74 Å². The molecule has 1 N–H and O–H groups in total. The largest absolute Gasteiger partial charge is 0.368 e. The van der Waals surface area contributed by atoms with E-state index in [1.54, 1.807) is 0 Å². The first-order valence-corrected chi connectivity index (χ1v) is 9.65. The van der Waals surface area contributed by atoms with Crippen LogP contribution in [0, 0.1) is 0 Å². The van der Waals surface area contributed by atoms with Gasteiger partial charge in [0.25, 0.3) is 0 Å². The summed E-state index contributed by atoms with van der Waals surface area (Å²) in [6, 6.07) is 9.62. The van der Waals surface area contributed by atoms with Gasteiger partial charge in [0.2, 0.25) is 0 Å². The van der Waals surface area contributed by atoms with E-state index in [1.165, 1.54) is 0 Å². The van der Waals surface area contributed by atoms with Crippen LogP contribution in [-0.4, -0.2) is 56.3 Å². The van der Waals surface area contributed by atoms with E-state index in [0.29, 0.717) is 18.3 Å². The summed E-state index contributed by atoms with van der Waals surface area (Å²) in [5, 5.41) is 7.24. The second kappa shape index (κ2) is 8.00. The van der Waals surface area contributed by atoms with Crippen molar-refractivity contribution in [1.29, 1.82) is 0 Å². The number of ether oxygens (including phenoxy) is 1. The highest BCUT2D eigenvalue weighted by atomic mass is 32.2. The Morgan fingerprint density at radius 3 is 2.88 bits per heavy atom. The van der Waals surface area contributed by atoms with Crippen molar-refractivity contribution in [2.75, 3.05) is 32.0 Å². The highest BCUT2D eigenvalue weighted by molar-refractivity contribution is 7.85. The van der Waals surface area contributed by atoms with Crippen LogP contribution < -0.4 is 0 Å². The summed E-state index contributed by atoms with van der Waals surface area (Å²) in [4.78, 5) is 7.70. The van der Waals surface area contributed by atoms with Crippen molar-refractivity contribution in [2.24, 2.45) is 0 Å². The number of hydrogen-bond donors (Lipinski definition) is 1. The quantitative estimate of drug-likeness (QED) is 0.866. The Balaban J connectivity index is 1.54. The van der Waals surface area contributed by atoms with Crippen molar-refractivity contribution in [2.45, 2.75) is 30.8 Å². The van der Waals surface area contributed by atoms with Crippen molar-refractivity contribution in [3.63, 3.8) is 0 Å². The number of aromatic nitrogens is 3. The van der Waals surface area contributed by atoms with Crippen LogP contribution in [0.25, 0.3) is 0 Å². The summed E-state index contributed by atoms with van der Waals surface area (Å²) < 4.78 is 18.2. The minimum atomic E-state index is -0.961. The fourth-order valence-electron chi connectivity index (χ4n) is 2.66. The average Bonchev–Trinajstić information content (AvgIpc) is 3.11. The standard InChI is InChI=1S/C17H24N4O2S/c1-13(2)16-18-17(20-19-16)15-12-21(8-10-23-15)9-11-24(22)14-6-4-3-5-7-14/h3-7,13,15H,8-12H2,1-2H3,(H,18,19,20). The molecule has 0 aliphatic carbocycles. The molecule has 2 heterocycles. The zero-order chi connectivity index (χ0) is 16.9. The zero-order valence-corrected chi connectivity index (χ0v) is 15.0. The third kappa shape index (κ3) is 4.28. The van der Waals surface area contributed by atoms with Crippen LogP contribution in [0.3, 0.4) is 0 Å². The van der Waals surface area contributed by atoms with Crippen molar-refractivity contribution >= 4 is 10.8 Å². The summed E-state index contributed by atoms with van der Waals surface area (Å²) in [7, 11) is -0.961. The minimum absolute atomic E-state index is 0.0936. The molecule has 0 bridgehead atoms. The molecule has 0 amide bonds. The summed E-state index contributed by atoms with van der Waals surface area (Å²) in [5.74, 6) is 2.52. The van der Waals surface area contributed by atoms with Gasteiger partial charge in [0, 0.05) is 36.2 Å². The molecular weight excluding hydrogens is 324 g/mol. The molecule has 0 saturated carbocycles. The summed E-state index contributed by atoms with van der Waals surface area (Å²) in [6.45, 7) is 7.18. The zero-order valence-electron chi connectivity index (χ0n) is 14.1. The Morgan fingerprint density at radius 2 is 2.17 bits per heavy atom. The summed E-state index contributed by atoms with van der Waals surface area (Å²) in [6.07, 6.45) is -0.0936. The predicted molar refractivity (Wildman–Crippen MR) is 93.3 cm³/mol. The first kappa shape index (κ1) is 17.3. The number of nitrogens with zero attached hydrogens (tertiary/aromatic N) is 3. The van der Waals surface area contributed by atoms with Gasteiger partial charge in [-0.2, -0.15) is 5.10 Å². The van der Waals surface area contributed by atoms with Crippen molar-refractivity contribution in [3.05, 3.63) is 42.0 Å². The number of rotatable bonds is 6. The van der Waals surface area contributed by atoms with Crippen molar-refractivity contribution < 1.29 is 8.95 Å².